The number of halogens is 1. The molecular weight excluding hydrogens is 460 g/mol. The number of rotatable bonds is 7. The average molecular weight is 481 g/mol. The summed E-state index contributed by atoms with van der Waals surface area (Å²) in [6.45, 7) is 0. The van der Waals surface area contributed by atoms with E-state index < -0.39 is 6.03 Å². The number of ether oxygens (including phenoxy) is 3. The number of carbonyl (C=O) groups excluding carboxylic acids is 1. The first kappa shape index (κ1) is 22.9. The van der Waals surface area contributed by atoms with E-state index >= 15 is 0 Å². The van der Waals surface area contributed by atoms with Gasteiger partial charge in [-0.15, -0.1) is 10.2 Å². The number of hydrogen-bond donors (Lipinski definition) is 2. The second kappa shape index (κ2) is 10.1. The molecule has 174 valence electrons. The molecule has 0 aliphatic carbocycles. The lowest BCUT2D eigenvalue weighted by molar-refractivity contribution is 0.262. The molecule has 0 atom stereocenters. The molecule has 9 nitrogen and oxygen atoms in total. The normalized spacial score (nSPS) is 10.5. The van der Waals surface area contributed by atoms with Crippen LogP contribution in [0.3, 0.4) is 0 Å². The van der Waals surface area contributed by atoms with Gasteiger partial charge in [-0.2, -0.15) is 0 Å². The molecule has 0 aliphatic heterocycles. The number of nitrogens with zero attached hydrogens (tertiary/aromatic N) is 2. The zero-order valence-electron chi connectivity index (χ0n) is 18.6. The summed E-state index contributed by atoms with van der Waals surface area (Å²) in [6.07, 6.45) is 0. The first-order valence-corrected chi connectivity index (χ1v) is 10.5. The molecule has 2 amide bonds. The molecule has 4 rings (SSSR count). The molecule has 0 aliphatic rings. The molecule has 0 spiro atoms. The number of carbonyl (C=O) groups is 1. The van der Waals surface area contributed by atoms with E-state index in [1.54, 1.807) is 30.3 Å². The summed E-state index contributed by atoms with van der Waals surface area (Å²) < 4.78 is 21.7. The second-order valence-electron chi connectivity index (χ2n) is 6.97. The maximum Gasteiger partial charge on any atom is 0.323 e. The minimum absolute atomic E-state index is 0.275. The Bertz CT molecular complexity index is 1280. The van der Waals surface area contributed by atoms with E-state index in [1.807, 2.05) is 30.3 Å². The summed E-state index contributed by atoms with van der Waals surface area (Å²) in [5, 5.41) is 14.0. The van der Waals surface area contributed by atoms with Gasteiger partial charge in [0, 0.05) is 23.4 Å². The Kier molecular flexibility index (Phi) is 6.84. The number of amides is 2. The van der Waals surface area contributed by atoms with Gasteiger partial charge in [0.05, 0.1) is 37.6 Å². The second-order valence-corrected chi connectivity index (χ2v) is 7.37. The molecule has 0 bridgehead atoms. The van der Waals surface area contributed by atoms with E-state index in [2.05, 4.69) is 20.8 Å². The largest absolute Gasteiger partial charge is 0.493 e. The fourth-order valence-electron chi connectivity index (χ4n) is 3.24. The van der Waals surface area contributed by atoms with Crippen molar-refractivity contribution in [2.24, 2.45) is 0 Å². The quantitative estimate of drug-likeness (QED) is 0.348. The molecule has 10 heteroatoms. The highest BCUT2D eigenvalue weighted by Gasteiger charge is 2.16. The minimum Gasteiger partial charge on any atom is -0.493 e. The third-order valence-corrected chi connectivity index (χ3v) is 5.14. The summed E-state index contributed by atoms with van der Waals surface area (Å²) >= 11 is 6.43. The van der Waals surface area contributed by atoms with Crippen LogP contribution in [0.15, 0.2) is 65.1 Å². The van der Waals surface area contributed by atoms with Crippen LogP contribution in [0.5, 0.6) is 17.2 Å². The number of methoxy groups -OCH3 is 3. The fourth-order valence-corrected chi connectivity index (χ4v) is 3.50. The van der Waals surface area contributed by atoms with Gasteiger partial charge in [0.2, 0.25) is 17.5 Å². The Morgan fingerprint density at radius 2 is 1.47 bits per heavy atom. The van der Waals surface area contributed by atoms with E-state index in [-0.39, 0.29) is 5.89 Å². The number of benzene rings is 3. The van der Waals surface area contributed by atoms with Gasteiger partial charge in [-0.05, 0) is 30.3 Å². The Labute approximate surface area is 200 Å². The number of urea groups is 1. The molecule has 2 N–H and O–H groups in total. The van der Waals surface area contributed by atoms with E-state index in [0.717, 1.165) is 5.56 Å². The predicted molar refractivity (Wildman–Crippen MR) is 129 cm³/mol. The number of hydrogen-bond acceptors (Lipinski definition) is 7. The lowest BCUT2D eigenvalue weighted by Crippen LogP contribution is -2.19. The first-order chi connectivity index (χ1) is 16.5. The van der Waals surface area contributed by atoms with Gasteiger partial charge in [0.15, 0.2) is 11.5 Å². The molecule has 1 heterocycles. The lowest BCUT2D eigenvalue weighted by atomic mass is 10.2. The van der Waals surface area contributed by atoms with E-state index in [0.29, 0.717) is 45.1 Å². The zero-order valence-corrected chi connectivity index (χ0v) is 19.3. The van der Waals surface area contributed by atoms with Crippen molar-refractivity contribution in [3.05, 3.63) is 65.7 Å². The first-order valence-electron chi connectivity index (χ1n) is 10.1. The van der Waals surface area contributed by atoms with Crippen molar-refractivity contribution in [1.29, 1.82) is 0 Å². The van der Waals surface area contributed by atoms with Crippen molar-refractivity contribution < 1.29 is 23.4 Å². The predicted octanol–water partition coefficient (Wildman–Crippen LogP) is 5.73. The number of aromatic nitrogens is 2. The standard InChI is InChI=1S/C24H21ClN4O5/c1-31-19-12-16(13-20(32-2)21(19)33-3)27-24(30)26-15-9-10-17(18(25)11-15)23-29-28-22(34-23)14-7-5-4-6-8-14/h4-13H,1-3H3,(H2,26,27,30). The van der Waals surface area contributed by atoms with Crippen LogP contribution in [0.1, 0.15) is 0 Å². The van der Waals surface area contributed by atoms with Gasteiger partial charge >= 0.3 is 6.03 Å². The monoisotopic (exact) mass is 480 g/mol. The number of nitrogens with one attached hydrogen (secondary N) is 2. The van der Waals surface area contributed by atoms with E-state index in [9.17, 15) is 4.79 Å². The highest BCUT2D eigenvalue weighted by molar-refractivity contribution is 6.33. The van der Waals surface area contributed by atoms with Crippen molar-refractivity contribution in [1.82, 2.24) is 10.2 Å². The van der Waals surface area contributed by atoms with E-state index in [4.69, 9.17) is 30.2 Å². The van der Waals surface area contributed by atoms with Crippen molar-refractivity contribution in [2.45, 2.75) is 0 Å². The maximum atomic E-state index is 12.5. The molecule has 34 heavy (non-hydrogen) atoms. The van der Waals surface area contributed by atoms with Gasteiger partial charge in [-0.25, -0.2) is 4.79 Å². The van der Waals surface area contributed by atoms with Crippen LogP contribution < -0.4 is 24.8 Å². The van der Waals surface area contributed by atoms with Crippen LogP contribution in [0, 0.1) is 0 Å². The van der Waals surface area contributed by atoms with Crippen molar-refractivity contribution in [3.8, 4) is 40.2 Å². The lowest BCUT2D eigenvalue weighted by Gasteiger charge is -2.15. The summed E-state index contributed by atoms with van der Waals surface area (Å²) in [6, 6.07) is 17.2. The topological polar surface area (TPSA) is 108 Å². The summed E-state index contributed by atoms with van der Waals surface area (Å²) in [7, 11) is 4.50. The molecule has 3 aromatic carbocycles. The third kappa shape index (κ3) is 4.89. The van der Waals surface area contributed by atoms with Gasteiger partial charge < -0.3 is 29.3 Å². The van der Waals surface area contributed by atoms with Crippen molar-refractivity contribution >= 4 is 29.0 Å². The molecular formula is C24H21ClN4O5. The Morgan fingerprint density at radius 1 is 0.824 bits per heavy atom. The summed E-state index contributed by atoms with van der Waals surface area (Å²) in [5.74, 6) is 1.92. The van der Waals surface area contributed by atoms with Crippen LogP contribution in [0.25, 0.3) is 22.9 Å². The highest BCUT2D eigenvalue weighted by Crippen LogP contribution is 2.40. The molecule has 0 saturated heterocycles. The molecule has 0 saturated carbocycles. The Morgan fingerprint density at radius 3 is 2.09 bits per heavy atom. The summed E-state index contributed by atoms with van der Waals surface area (Å²) in [4.78, 5) is 12.5. The van der Waals surface area contributed by atoms with Gasteiger partial charge in [0.25, 0.3) is 0 Å². The molecule has 1 aromatic heterocycles. The van der Waals surface area contributed by atoms with Crippen LogP contribution in [0.2, 0.25) is 5.02 Å². The van der Waals surface area contributed by atoms with Crippen LogP contribution >= 0.6 is 11.6 Å². The molecule has 0 radical (unpaired) electrons. The summed E-state index contributed by atoms with van der Waals surface area (Å²) in [5.41, 5.74) is 2.28. The molecule has 4 aromatic rings. The van der Waals surface area contributed by atoms with Crippen LogP contribution in [-0.2, 0) is 0 Å². The fraction of sp³-hybridized carbons (Fsp3) is 0.125. The molecule has 0 unspecified atom stereocenters. The van der Waals surface area contributed by atoms with E-state index in [1.165, 1.54) is 21.3 Å². The highest BCUT2D eigenvalue weighted by atomic mass is 35.5. The Balaban J connectivity index is 1.48. The third-order valence-electron chi connectivity index (χ3n) is 4.83. The minimum atomic E-state index is -0.484. The van der Waals surface area contributed by atoms with Crippen LogP contribution in [-0.4, -0.2) is 37.6 Å². The zero-order chi connectivity index (χ0) is 24.1. The van der Waals surface area contributed by atoms with Gasteiger partial charge in [-0.3, -0.25) is 0 Å². The maximum absolute atomic E-state index is 12.5. The molecule has 0 fully saturated rings. The van der Waals surface area contributed by atoms with Gasteiger partial charge in [0.1, 0.15) is 0 Å². The number of anilines is 2. The van der Waals surface area contributed by atoms with Gasteiger partial charge in [-0.1, -0.05) is 29.8 Å². The smallest absolute Gasteiger partial charge is 0.323 e. The van der Waals surface area contributed by atoms with Crippen LogP contribution in [0.4, 0.5) is 16.2 Å². The SMILES string of the molecule is COc1cc(NC(=O)Nc2ccc(-c3nnc(-c4ccccc4)o3)c(Cl)c2)cc(OC)c1OC. The van der Waals surface area contributed by atoms with Crippen molar-refractivity contribution in [3.63, 3.8) is 0 Å². The Hall–Kier alpha value is -4.24. The average Bonchev–Trinajstić information content (AvgIpc) is 3.34. The van der Waals surface area contributed by atoms with Crippen molar-refractivity contribution in [2.75, 3.05) is 32.0 Å².